The first-order chi connectivity index (χ1) is 8.23. The van der Waals surface area contributed by atoms with Crippen LogP contribution in [-0.2, 0) is 4.79 Å². The molecule has 0 heterocycles. The zero-order chi connectivity index (χ0) is 14.0. The summed E-state index contributed by atoms with van der Waals surface area (Å²) in [5, 5.41) is 0. The van der Waals surface area contributed by atoms with Crippen molar-refractivity contribution in [2.24, 2.45) is 11.5 Å². The largest absolute Gasteiger partial charge is 0.325 e. The fraction of sp³-hybridized carbons (Fsp3) is 0.333. The number of carbonyl (C=O) groups excluding carboxylic acids is 2. The van der Waals surface area contributed by atoms with Crippen molar-refractivity contribution < 1.29 is 18.4 Å². The molecule has 1 rings (SSSR count). The summed E-state index contributed by atoms with van der Waals surface area (Å²) >= 11 is 0. The van der Waals surface area contributed by atoms with Crippen LogP contribution in [-0.4, -0.2) is 29.6 Å². The predicted octanol–water partition coefficient (Wildman–Crippen LogP) is 0.750. The molecule has 6 heteroatoms. The van der Waals surface area contributed by atoms with Gasteiger partial charge in [0.25, 0.3) is 0 Å². The molecule has 1 atom stereocenters. The number of Topliss-reactive ketones (excluding diaryl/α,β-unsaturated/α-hetero) is 2. The van der Waals surface area contributed by atoms with Gasteiger partial charge in [-0.05, 0) is 6.92 Å². The molecule has 1 aromatic rings. The van der Waals surface area contributed by atoms with Crippen molar-refractivity contribution in [1.82, 2.24) is 0 Å². The molecule has 1 unspecified atom stereocenters. The molecule has 4 N–H and O–H groups in total. The van der Waals surface area contributed by atoms with Crippen LogP contribution in [0, 0.1) is 0 Å². The number of rotatable bonds is 5. The van der Waals surface area contributed by atoms with E-state index in [1.807, 2.05) is 0 Å². The van der Waals surface area contributed by atoms with E-state index in [-0.39, 0.29) is 5.56 Å². The molecule has 0 amide bonds. The SMILES string of the molecule is CC(N)(C(=O)c1ccccc1)C(=O)C(F)(F)CN. The summed E-state index contributed by atoms with van der Waals surface area (Å²) in [6.45, 7) is -0.213. The molecule has 0 aromatic heterocycles. The lowest BCUT2D eigenvalue weighted by atomic mass is 9.85. The van der Waals surface area contributed by atoms with Crippen LogP contribution in [0.3, 0.4) is 0 Å². The standard InChI is InChI=1S/C12H14F2N2O2/c1-11(16,10(18)12(13,14)7-15)9(17)8-5-3-2-4-6-8/h2-6H,7,15-16H2,1H3. The van der Waals surface area contributed by atoms with Crippen LogP contribution in [0.2, 0.25) is 0 Å². The Morgan fingerprint density at radius 1 is 1.22 bits per heavy atom. The van der Waals surface area contributed by atoms with Gasteiger partial charge < -0.3 is 11.5 Å². The molecular weight excluding hydrogens is 242 g/mol. The molecule has 18 heavy (non-hydrogen) atoms. The molecule has 0 saturated carbocycles. The van der Waals surface area contributed by atoms with E-state index in [1.165, 1.54) is 12.1 Å². The van der Waals surface area contributed by atoms with Gasteiger partial charge in [0.1, 0.15) is 5.54 Å². The van der Waals surface area contributed by atoms with Crippen LogP contribution in [0.4, 0.5) is 8.78 Å². The summed E-state index contributed by atoms with van der Waals surface area (Å²) in [5.41, 5.74) is 8.07. The number of halogens is 2. The van der Waals surface area contributed by atoms with Gasteiger partial charge in [0.15, 0.2) is 5.78 Å². The molecule has 0 spiro atoms. The third-order valence-electron chi connectivity index (χ3n) is 2.57. The number of benzene rings is 1. The molecule has 98 valence electrons. The molecule has 0 saturated heterocycles. The first kappa shape index (κ1) is 14.4. The fourth-order valence-electron chi connectivity index (χ4n) is 1.47. The summed E-state index contributed by atoms with van der Waals surface area (Å²) in [7, 11) is 0. The van der Waals surface area contributed by atoms with Gasteiger partial charge in [0.2, 0.25) is 5.78 Å². The van der Waals surface area contributed by atoms with Crippen LogP contribution >= 0.6 is 0 Å². The lowest BCUT2D eigenvalue weighted by Crippen LogP contribution is -2.60. The van der Waals surface area contributed by atoms with E-state index in [0.717, 1.165) is 6.92 Å². The van der Waals surface area contributed by atoms with Gasteiger partial charge in [-0.15, -0.1) is 0 Å². The molecule has 0 aliphatic carbocycles. The summed E-state index contributed by atoms with van der Waals surface area (Å²) in [6, 6.07) is 7.56. The molecule has 0 bridgehead atoms. The fourth-order valence-corrected chi connectivity index (χ4v) is 1.47. The van der Waals surface area contributed by atoms with Gasteiger partial charge in [0.05, 0.1) is 6.54 Å². The second-order valence-corrected chi connectivity index (χ2v) is 4.14. The smallest absolute Gasteiger partial charge is 0.319 e. The van der Waals surface area contributed by atoms with Crippen molar-refractivity contribution in [2.45, 2.75) is 18.4 Å². The number of alkyl halides is 2. The van der Waals surface area contributed by atoms with E-state index >= 15 is 0 Å². The average Bonchev–Trinajstić information content (AvgIpc) is 2.37. The number of ketones is 2. The van der Waals surface area contributed by atoms with E-state index in [9.17, 15) is 18.4 Å². The van der Waals surface area contributed by atoms with Gasteiger partial charge in [-0.25, -0.2) is 0 Å². The second-order valence-electron chi connectivity index (χ2n) is 4.14. The van der Waals surface area contributed by atoms with E-state index < -0.39 is 29.6 Å². The first-order valence-electron chi connectivity index (χ1n) is 5.25. The van der Waals surface area contributed by atoms with E-state index in [2.05, 4.69) is 0 Å². The normalized spacial score (nSPS) is 14.9. The predicted molar refractivity (Wildman–Crippen MR) is 62.4 cm³/mol. The lowest BCUT2D eigenvalue weighted by Gasteiger charge is -2.25. The highest BCUT2D eigenvalue weighted by Crippen LogP contribution is 2.22. The van der Waals surface area contributed by atoms with Crippen molar-refractivity contribution in [3.63, 3.8) is 0 Å². The van der Waals surface area contributed by atoms with E-state index in [4.69, 9.17) is 11.5 Å². The van der Waals surface area contributed by atoms with Crippen LogP contribution in [0.15, 0.2) is 30.3 Å². The van der Waals surface area contributed by atoms with Gasteiger partial charge >= 0.3 is 5.92 Å². The topological polar surface area (TPSA) is 86.2 Å². The Morgan fingerprint density at radius 3 is 2.17 bits per heavy atom. The zero-order valence-corrected chi connectivity index (χ0v) is 9.82. The first-order valence-corrected chi connectivity index (χ1v) is 5.25. The molecular formula is C12H14F2N2O2. The number of hydrogen-bond acceptors (Lipinski definition) is 4. The van der Waals surface area contributed by atoms with Crippen LogP contribution in [0.5, 0.6) is 0 Å². The molecule has 1 aromatic carbocycles. The van der Waals surface area contributed by atoms with Crippen molar-refractivity contribution in [2.75, 3.05) is 6.54 Å². The summed E-state index contributed by atoms with van der Waals surface area (Å²) in [4.78, 5) is 23.5. The van der Waals surface area contributed by atoms with E-state index in [1.54, 1.807) is 18.2 Å². The number of hydrogen-bond donors (Lipinski definition) is 2. The minimum atomic E-state index is -3.81. The van der Waals surface area contributed by atoms with Crippen molar-refractivity contribution in [1.29, 1.82) is 0 Å². The highest BCUT2D eigenvalue weighted by atomic mass is 19.3. The number of carbonyl (C=O) groups is 2. The summed E-state index contributed by atoms with van der Waals surface area (Å²) in [5.74, 6) is -6.35. The molecule has 0 aliphatic rings. The van der Waals surface area contributed by atoms with Gasteiger partial charge in [-0.3, -0.25) is 9.59 Å². The Hall–Kier alpha value is -1.66. The maximum Gasteiger partial charge on any atom is 0.319 e. The second kappa shape index (κ2) is 4.91. The zero-order valence-electron chi connectivity index (χ0n) is 9.82. The van der Waals surface area contributed by atoms with Gasteiger partial charge in [-0.2, -0.15) is 8.78 Å². The highest BCUT2D eigenvalue weighted by Gasteiger charge is 2.50. The van der Waals surface area contributed by atoms with Crippen LogP contribution < -0.4 is 11.5 Å². The number of nitrogens with two attached hydrogens (primary N) is 2. The molecule has 0 aliphatic heterocycles. The van der Waals surface area contributed by atoms with Crippen molar-refractivity contribution in [3.05, 3.63) is 35.9 Å². The molecule has 4 nitrogen and oxygen atoms in total. The minimum Gasteiger partial charge on any atom is -0.325 e. The van der Waals surface area contributed by atoms with Crippen LogP contribution in [0.1, 0.15) is 17.3 Å². The Balaban J connectivity index is 3.08. The summed E-state index contributed by atoms with van der Waals surface area (Å²) in [6.07, 6.45) is 0. The Morgan fingerprint density at radius 2 is 1.72 bits per heavy atom. The third-order valence-corrected chi connectivity index (χ3v) is 2.57. The van der Waals surface area contributed by atoms with Crippen LogP contribution in [0.25, 0.3) is 0 Å². The average molecular weight is 256 g/mol. The molecule has 0 fully saturated rings. The van der Waals surface area contributed by atoms with Crippen molar-refractivity contribution >= 4 is 11.6 Å². The van der Waals surface area contributed by atoms with E-state index in [0.29, 0.717) is 0 Å². The Kier molecular flexibility index (Phi) is 3.93. The Labute approximate surface area is 103 Å². The quantitative estimate of drug-likeness (QED) is 0.601. The van der Waals surface area contributed by atoms with Gasteiger partial charge in [0, 0.05) is 5.56 Å². The lowest BCUT2D eigenvalue weighted by molar-refractivity contribution is -0.145. The minimum absolute atomic E-state index is 0.101. The maximum atomic E-state index is 13.2. The maximum absolute atomic E-state index is 13.2. The highest BCUT2D eigenvalue weighted by molar-refractivity contribution is 6.19. The monoisotopic (exact) mass is 256 g/mol. The Bertz CT molecular complexity index is 458. The summed E-state index contributed by atoms with van der Waals surface area (Å²) < 4.78 is 26.4. The van der Waals surface area contributed by atoms with Crippen molar-refractivity contribution in [3.8, 4) is 0 Å². The molecule has 0 radical (unpaired) electrons. The van der Waals surface area contributed by atoms with Gasteiger partial charge in [-0.1, -0.05) is 30.3 Å². The third kappa shape index (κ3) is 2.60.